The van der Waals surface area contributed by atoms with Crippen molar-refractivity contribution in [1.29, 1.82) is 0 Å². The highest BCUT2D eigenvalue weighted by atomic mass is 79.9. The second-order valence-corrected chi connectivity index (χ2v) is 5.40. The molecule has 2 aromatic rings. The van der Waals surface area contributed by atoms with Crippen molar-refractivity contribution in [3.63, 3.8) is 0 Å². The molecule has 0 saturated heterocycles. The molecule has 0 aromatic carbocycles. The van der Waals surface area contributed by atoms with Crippen LogP contribution in [0.1, 0.15) is 17.3 Å². The molecule has 6 heteroatoms. The molecule has 16 heavy (non-hydrogen) atoms. The van der Waals surface area contributed by atoms with E-state index in [0.717, 1.165) is 9.35 Å². The van der Waals surface area contributed by atoms with Gasteiger partial charge < -0.3 is 10.5 Å². The molecule has 0 fully saturated rings. The third kappa shape index (κ3) is 2.23. The van der Waals surface area contributed by atoms with E-state index in [-0.39, 0.29) is 6.04 Å². The molecule has 2 rings (SSSR count). The summed E-state index contributed by atoms with van der Waals surface area (Å²) < 4.78 is 6.18. The number of halogens is 1. The van der Waals surface area contributed by atoms with Crippen molar-refractivity contribution in [2.45, 2.75) is 6.04 Å². The number of methoxy groups -OCH3 is 1. The summed E-state index contributed by atoms with van der Waals surface area (Å²) in [7, 11) is 1.56. The molecule has 0 aliphatic rings. The van der Waals surface area contributed by atoms with Crippen LogP contribution >= 0.6 is 27.3 Å². The summed E-state index contributed by atoms with van der Waals surface area (Å²) in [6, 6.07) is 1.66. The van der Waals surface area contributed by atoms with E-state index in [9.17, 15) is 0 Å². The number of aromatic nitrogens is 2. The second-order valence-electron chi connectivity index (χ2n) is 3.11. The molecule has 0 spiro atoms. The van der Waals surface area contributed by atoms with E-state index in [1.165, 1.54) is 0 Å². The van der Waals surface area contributed by atoms with Gasteiger partial charge in [-0.25, -0.2) is 4.98 Å². The van der Waals surface area contributed by atoms with Crippen molar-refractivity contribution >= 4 is 27.3 Å². The van der Waals surface area contributed by atoms with Gasteiger partial charge >= 0.3 is 0 Å². The summed E-state index contributed by atoms with van der Waals surface area (Å²) >= 11 is 4.99. The maximum absolute atomic E-state index is 6.11. The smallest absolute Gasteiger partial charge is 0.237 e. The SMILES string of the molecule is COc1nccnc1C(N)c1csc(Br)c1. The fourth-order valence-electron chi connectivity index (χ4n) is 1.35. The lowest BCUT2D eigenvalue weighted by Gasteiger charge is -2.11. The van der Waals surface area contributed by atoms with E-state index >= 15 is 0 Å². The molecule has 2 aromatic heterocycles. The summed E-state index contributed by atoms with van der Waals surface area (Å²) in [6.07, 6.45) is 3.19. The van der Waals surface area contributed by atoms with Gasteiger partial charge in [0.15, 0.2) is 0 Å². The highest BCUT2D eigenvalue weighted by Crippen LogP contribution is 2.29. The van der Waals surface area contributed by atoms with E-state index in [1.807, 2.05) is 11.4 Å². The molecular formula is C10H10BrN3OS. The molecule has 0 aliphatic carbocycles. The van der Waals surface area contributed by atoms with Crippen molar-refractivity contribution in [3.8, 4) is 5.88 Å². The van der Waals surface area contributed by atoms with E-state index in [2.05, 4.69) is 25.9 Å². The number of hydrogen-bond acceptors (Lipinski definition) is 5. The third-order valence-electron chi connectivity index (χ3n) is 2.13. The monoisotopic (exact) mass is 299 g/mol. The van der Waals surface area contributed by atoms with Crippen LogP contribution in [-0.4, -0.2) is 17.1 Å². The molecule has 1 unspecified atom stereocenters. The Bertz CT molecular complexity index is 488. The molecule has 0 radical (unpaired) electrons. The van der Waals surface area contributed by atoms with Crippen molar-refractivity contribution in [1.82, 2.24) is 9.97 Å². The average molecular weight is 300 g/mol. The molecule has 1 atom stereocenters. The zero-order chi connectivity index (χ0) is 11.5. The standard InChI is InChI=1S/C10H10BrN3OS/c1-15-10-9(13-2-3-14-10)8(12)6-4-7(11)16-5-6/h2-5,8H,12H2,1H3. The fourth-order valence-corrected chi connectivity index (χ4v) is 2.56. The van der Waals surface area contributed by atoms with Crippen LogP contribution in [-0.2, 0) is 0 Å². The lowest BCUT2D eigenvalue weighted by molar-refractivity contribution is 0.387. The number of thiophene rings is 1. The van der Waals surface area contributed by atoms with Crippen LogP contribution in [0.5, 0.6) is 5.88 Å². The number of hydrogen-bond donors (Lipinski definition) is 1. The maximum Gasteiger partial charge on any atom is 0.237 e. The van der Waals surface area contributed by atoms with Crippen LogP contribution in [0, 0.1) is 0 Å². The average Bonchev–Trinajstić information content (AvgIpc) is 2.75. The van der Waals surface area contributed by atoms with Crippen molar-refractivity contribution in [2.24, 2.45) is 5.73 Å². The highest BCUT2D eigenvalue weighted by Gasteiger charge is 2.17. The van der Waals surface area contributed by atoms with Crippen LogP contribution < -0.4 is 10.5 Å². The third-order valence-corrected chi connectivity index (χ3v) is 3.65. The van der Waals surface area contributed by atoms with E-state index in [1.54, 1.807) is 30.8 Å². The Morgan fingerprint density at radius 2 is 2.19 bits per heavy atom. The Morgan fingerprint density at radius 3 is 2.81 bits per heavy atom. The van der Waals surface area contributed by atoms with E-state index < -0.39 is 0 Å². The summed E-state index contributed by atoms with van der Waals surface area (Å²) in [6.45, 7) is 0. The van der Waals surface area contributed by atoms with Crippen LogP contribution in [0.4, 0.5) is 0 Å². The van der Waals surface area contributed by atoms with Gasteiger partial charge in [0.2, 0.25) is 5.88 Å². The highest BCUT2D eigenvalue weighted by molar-refractivity contribution is 9.11. The molecule has 0 saturated carbocycles. The number of ether oxygens (including phenoxy) is 1. The normalized spacial score (nSPS) is 12.4. The summed E-state index contributed by atoms with van der Waals surface area (Å²) in [4.78, 5) is 8.29. The fraction of sp³-hybridized carbons (Fsp3) is 0.200. The molecule has 0 bridgehead atoms. The second kappa shape index (κ2) is 4.90. The van der Waals surface area contributed by atoms with Crippen molar-refractivity contribution in [3.05, 3.63) is 38.9 Å². The van der Waals surface area contributed by atoms with Crippen LogP contribution in [0.25, 0.3) is 0 Å². The zero-order valence-corrected chi connectivity index (χ0v) is 11.0. The van der Waals surface area contributed by atoms with Gasteiger partial charge in [0.25, 0.3) is 0 Å². The van der Waals surface area contributed by atoms with Gasteiger partial charge in [0.05, 0.1) is 16.9 Å². The largest absolute Gasteiger partial charge is 0.480 e. The van der Waals surface area contributed by atoms with Gasteiger partial charge in [0.1, 0.15) is 5.69 Å². The summed E-state index contributed by atoms with van der Waals surface area (Å²) in [5.41, 5.74) is 7.75. The van der Waals surface area contributed by atoms with Crippen LogP contribution in [0.3, 0.4) is 0 Å². The number of rotatable bonds is 3. The van der Waals surface area contributed by atoms with Crippen molar-refractivity contribution in [2.75, 3.05) is 7.11 Å². The van der Waals surface area contributed by atoms with Crippen molar-refractivity contribution < 1.29 is 4.74 Å². The lowest BCUT2D eigenvalue weighted by Crippen LogP contribution is -2.14. The summed E-state index contributed by atoms with van der Waals surface area (Å²) in [5, 5.41) is 1.99. The minimum Gasteiger partial charge on any atom is -0.480 e. The number of nitrogens with zero attached hydrogens (tertiary/aromatic N) is 2. The molecule has 2 N–H and O–H groups in total. The first-order valence-corrected chi connectivity index (χ1v) is 6.24. The van der Waals surface area contributed by atoms with Gasteiger partial charge in [-0.3, -0.25) is 4.98 Å². The molecule has 2 heterocycles. The first-order valence-electron chi connectivity index (χ1n) is 4.56. The van der Waals surface area contributed by atoms with Gasteiger partial charge in [-0.1, -0.05) is 0 Å². The summed E-state index contributed by atoms with van der Waals surface area (Å²) in [5.74, 6) is 0.470. The molecule has 84 valence electrons. The molecular weight excluding hydrogens is 290 g/mol. The Labute approximate surface area is 106 Å². The number of nitrogens with two attached hydrogens (primary N) is 1. The first-order chi connectivity index (χ1) is 7.72. The Morgan fingerprint density at radius 1 is 1.44 bits per heavy atom. The molecule has 0 amide bonds. The van der Waals surface area contributed by atoms with Gasteiger partial charge in [-0.05, 0) is 32.9 Å². The van der Waals surface area contributed by atoms with Crippen LogP contribution in [0.15, 0.2) is 27.6 Å². The van der Waals surface area contributed by atoms with Gasteiger partial charge in [0, 0.05) is 12.4 Å². The van der Waals surface area contributed by atoms with Crippen LogP contribution in [0.2, 0.25) is 0 Å². The topological polar surface area (TPSA) is 61.0 Å². The van der Waals surface area contributed by atoms with E-state index in [4.69, 9.17) is 10.5 Å². The zero-order valence-electron chi connectivity index (χ0n) is 8.55. The minimum atomic E-state index is -0.314. The Balaban J connectivity index is 2.36. The predicted octanol–water partition coefficient (Wildman–Crippen LogP) is 2.36. The Hall–Kier alpha value is -0.980. The lowest BCUT2D eigenvalue weighted by atomic mass is 10.1. The first kappa shape index (κ1) is 11.5. The van der Waals surface area contributed by atoms with Gasteiger partial charge in [-0.2, -0.15) is 0 Å². The van der Waals surface area contributed by atoms with Gasteiger partial charge in [-0.15, -0.1) is 11.3 Å². The van der Waals surface area contributed by atoms with E-state index in [0.29, 0.717) is 11.6 Å². The maximum atomic E-state index is 6.11. The predicted molar refractivity (Wildman–Crippen MR) is 66.6 cm³/mol. The quantitative estimate of drug-likeness (QED) is 0.945. The Kier molecular flexibility index (Phi) is 3.52. The molecule has 0 aliphatic heterocycles. The minimum absolute atomic E-state index is 0.314. The molecule has 4 nitrogen and oxygen atoms in total.